The molecule has 0 spiro atoms. The van der Waals surface area contributed by atoms with E-state index in [-0.39, 0.29) is 18.0 Å². The average Bonchev–Trinajstić information content (AvgIpc) is 2.78. The van der Waals surface area contributed by atoms with E-state index in [1.54, 1.807) is 4.90 Å². The summed E-state index contributed by atoms with van der Waals surface area (Å²) in [6.07, 6.45) is 2.87. The van der Waals surface area contributed by atoms with Gasteiger partial charge in [-0.1, -0.05) is 30.3 Å². The third kappa shape index (κ3) is 5.23. The highest BCUT2D eigenvalue weighted by atomic mass is 16.6. The molecule has 1 heterocycles. The van der Waals surface area contributed by atoms with Crippen molar-refractivity contribution in [3.8, 4) is 0 Å². The van der Waals surface area contributed by atoms with Gasteiger partial charge in [-0.15, -0.1) is 0 Å². The number of anilines is 1. The van der Waals surface area contributed by atoms with E-state index in [0.717, 1.165) is 24.9 Å². The molecule has 4 rings (SSSR count). The molecule has 1 N–H and O–H groups in total. The monoisotopic (exact) mass is 435 g/mol. The number of ether oxygens (including phenoxy) is 1. The first-order chi connectivity index (χ1) is 15.3. The molecule has 0 unspecified atom stereocenters. The van der Waals surface area contributed by atoms with Gasteiger partial charge in [0.15, 0.2) is 0 Å². The Morgan fingerprint density at radius 2 is 1.75 bits per heavy atom. The number of aryl methyl sites for hydroxylation is 1. The Labute approximate surface area is 190 Å². The zero-order chi connectivity index (χ0) is 22.7. The van der Waals surface area contributed by atoms with E-state index < -0.39 is 5.60 Å². The van der Waals surface area contributed by atoms with Gasteiger partial charge in [0.1, 0.15) is 5.60 Å². The standard InChI is InChI=1S/C26H33N3O3/c1-26(2,3)32-25(31)29-16-14-28(15-17-29)21-11-6-10-20(18-21)24(30)27-23-13-7-9-19-8-4-5-12-22(19)23/h4-6,8,10-12,18,23H,7,9,13-17H2,1-3H3,(H,27,30)/t23-/m1/s1. The van der Waals surface area contributed by atoms with Gasteiger partial charge in [0.25, 0.3) is 5.91 Å². The molecule has 170 valence electrons. The second-order valence-corrected chi connectivity index (χ2v) is 9.62. The number of nitrogens with one attached hydrogen (secondary N) is 1. The van der Waals surface area contributed by atoms with Crippen LogP contribution in [0, 0.1) is 0 Å². The quantitative estimate of drug-likeness (QED) is 0.768. The molecular weight excluding hydrogens is 402 g/mol. The van der Waals surface area contributed by atoms with E-state index in [4.69, 9.17) is 4.74 Å². The molecule has 1 atom stereocenters. The second kappa shape index (κ2) is 9.23. The van der Waals surface area contributed by atoms with Gasteiger partial charge in [0.2, 0.25) is 0 Å². The van der Waals surface area contributed by atoms with E-state index in [2.05, 4.69) is 28.4 Å². The number of carbonyl (C=O) groups is 2. The fourth-order valence-corrected chi connectivity index (χ4v) is 4.46. The third-order valence-corrected chi connectivity index (χ3v) is 6.08. The number of carbonyl (C=O) groups excluding carboxylic acids is 2. The van der Waals surface area contributed by atoms with Crippen molar-refractivity contribution in [2.24, 2.45) is 0 Å². The highest BCUT2D eigenvalue weighted by molar-refractivity contribution is 5.95. The highest BCUT2D eigenvalue weighted by Gasteiger charge is 2.26. The molecule has 1 saturated heterocycles. The number of amides is 2. The predicted molar refractivity (Wildman–Crippen MR) is 126 cm³/mol. The van der Waals surface area contributed by atoms with Gasteiger partial charge in [0, 0.05) is 37.4 Å². The average molecular weight is 436 g/mol. The number of piperazine rings is 1. The Kier molecular flexibility index (Phi) is 6.40. The Hall–Kier alpha value is -3.02. The molecule has 0 bridgehead atoms. The van der Waals surface area contributed by atoms with Crippen molar-refractivity contribution in [3.05, 3.63) is 65.2 Å². The van der Waals surface area contributed by atoms with Crippen molar-refractivity contribution in [2.45, 2.75) is 51.7 Å². The van der Waals surface area contributed by atoms with Crippen LogP contribution in [0.4, 0.5) is 10.5 Å². The van der Waals surface area contributed by atoms with E-state index in [1.165, 1.54) is 11.1 Å². The Morgan fingerprint density at radius 3 is 2.50 bits per heavy atom. The molecule has 0 radical (unpaired) electrons. The van der Waals surface area contributed by atoms with Crippen LogP contribution in [0.3, 0.4) is 0 Å². The molecule has 2 amide bonds. The molecule has 1 aliphatic heterocycles. The summed E-state index contributed by atoms with van der Waals surface area (Å²) in [5.41, 5.74) is 3.75. The zero-order valence-corrected chi connectivity index (χ0v) is 19.3. The maximum atomic E-state index is 13.0. The summed E-state index contributed by atoms with van der Waals surface area (Å²) in [6.45, 7) is 8.26. The topological polar surface area (TPSA) is 61.9 Å². The number of hydrogen-bond donors (Lipinski definition) is 1. The molecule has 32 heavy (non-hydrogen) atoms. The van der Waals surface area contributed by atoms with Gasteiger partial charge in [-0.25, -0.2) is 4.79 Å². The lowest BCUT2D eigenvalue weighted by molar-refractivity contribution is 0.0240. The number of nitrogens with zero attached hydrogens (tertiary/aromatic N) is 2. The van der Waals surface area contributed by atoms with Crippen LogP contribution in [0.15, 0.2) is 48.5 Å². The van der Waals surface area contributed by atoms with Crippen LogP contribution in [-0.4, -0.2) is 48.7 Å². The first kappa shape index (κ1) is 22.2. The minimum atomic E-state index is -0.491. The van der Waals surface area contributed by atoms with Crippen molar-refractivity contribution in [1.82, 2.24) is 10.2 Å². The maximum Gasteiger partial charge on any atom is 0.410 e. The lowest BCUT2D eigenvalue weighted by atomic mass is 9.87. The van der Waals surface area contributed by atoms with Crippen LogP contribution in [0.5, 0.6) is 0 Å². The summed E-state index contributed by atoms with van der Waals surface area (Å²) >= 11 is 0. The summed E-state index contributed by atoms with van der Waals surface area (Å²) in [5.74, 6) is -0.0408. The largest absolute Gasteiger partial charge is 0.444 e. The van der Waals surface area contributed by atoms with Crippen LogP contribution < -0.4 is 10.2 Å². The fraction of sp³-hybridized carbons (Fsp3) is 0.462. The molecule has 1 aliphatic carbocycles. The van der Waals surface area contributed by atoms with Crippen LogP contribution in [0.2, 0.25) is 0 Å². The van der Waals surface area contributed by atoms with Gasteiger partial charge >= 0.3 is 6.09 Å². The van der Waals surface area contributed by atoms with Crippen LogP contribution in [0.25, 0.3) is 0 Å². The Bertz CT molecular complexity index is 974. The van der Waals surface area contributed by atoms with E-state index >= 15 is 0 Å². The lowest BCUT2D eigenvalue weighted by Gasteiger charge is -2.36. The SMILES string of the molecule is CC(C)(C)OC(=O)N1CCN(c2cccc(C(=O)N[C@@H]3CCCc4ccccc43)c2)CC1. The highest BCUT2D eigenvalue weighted by Crippen LogP contribution is 2.30. The summed E-state index contributed by atoms with van der Waals surface area (Å²) in [4.78, 5) is 29.3. The normalized spacial score (nSPS) is 18.7. The van der Waals surface area contributed by atoms with Gasteiger partial charge in [-0.2, -0.15) is 0 Å². The maximum absolute atomic E-state index is 13.0. The summed E-state index contributed by atoms with van der Waals surface area (Å²) in [6, 6.07) is 16.2. The number of hydrogen-bond acceptors (Lipinski definition) is 4. The lowest BCUT2D eigenvalue weighted by Crippen LogP contribution is -2.50. The van der Waals surface area contributed by atoms with Gasteiger partial charge < -0.3 is 19.9 Å². The smallest absolute Gasteiger partial charge is 0.410 e. The van der Waals surface area contributed by atoms with Crippen molar-refractivity contribution in [3.63, 3.8) is 0 Å². The summed E-state index contributed by atoms with van der Waals surface area (Å²) in [5, 5.41) is 3.24. The van der Waals surface area contributed by atoms with Gasteiger partial charge in [-0.05, 0) is 69.4 Å². The molecule has 2 aliphatic rings. The van der Waals surface area contributed by atoms with Crippen molar-refractivity contribution in [1.29, 1.82) is 0 Å². The molecule has 0 aromatic heterocycles. The first-order valence-electron chi connectivity index (χ1n) is 11.5. The van der Waals surface area contributed by atoms with E-state index in [9.17, 15) is 9.59 Å². The minimum Gasteiger partial charge on any atom is -0.444 e. The Balaban J connectivity index is 1.38. The molecule has 1 fully saturated rings. The van der Waals surface area contributed by atoms with Crippen molar-refractivity contribution < 1.29 is 14.3 Å². The van der Waals surface area contributed by atoms with Gasteiger partial charge in [0.05, 0.1) is 6.04 Å². The molecular formula is C26H33N3O3. The van der Waals surface area contributed by atoms with E-state index in [1.807, 2.05) is 51.1 Å². The predicted octanol–water partition coefficient (Wildman–Crippen LogP) is 4.55. The summed E-state index contributed by atoms with van der Waals surface area (Å²) in [7, 11) is 0. The molecule has 0 saturated carbocycles. The molecule has 6 nitrogen and oxygen atoms in total. The second-order valence-electron chi connectivity index (χ2n) is 9.62. The van der Waals surface area contributed by atoms with Crippen molar-refractivity contribution in [2.75, 3.05) is 31.1 Å². The van der Waals surface area contributed by atoms with E-state index in [0.29, 0.717) is 31.7 Å². The van der Waals surface area contributed by atoms with Crippen molar-refractivity contribution >= 4 is 17.7 Å². The third-order valence-electron chi connectivity index (χ3n) is 6.08. The number of rotatable bonds is 3. The fourth-order valence-electron chi connectivity index (χ4n) is 4.46. The molecule has 6 heteroatoms. The van der Waals surface area contributed by atoms with Crippen LogP contribution >= 0.6 is 0 Å². The van der Waals surface area contributed by atoms with Crippen LogP contribution in [-0.2, 0) is 11.2 Å². The molecule has 2 aromatic rings. The summed E-state index contributed by atoms with van der Waals surface area (Å²) < 4.78 is 5.48. The minimum absolute atomic E-state index is 0.0408. The molecule has 2 aromatic carbocycles. The van der Waals surface area contributed by atoms with Crippen LogP contribution in [0.1, 0.15) is 61.1 Å². The first-order valence-corrected chi connectivity index (χ1v) is 11.5. The van der Waals surface area contributed by atoms with Gasteiger partial charge in [-0.3, -0.25) is 4.79 Å². The number of fused-ring (bicyclic) bond motifs is 1. The zero-order valence-electron chi connectivity index (χ0n) is 19.3. The number of benzene rings is 2. The Morgan fingerprint density at radius 1 is 1.00 bits per heavy atom.